The Morgan fingerprint density at radius 2 is 1.60 bits per heavy atom. The minimum absolute atomic E-state index is 0.0919. The molecule has 3 rings (SSSR count). The van der Waals surface area contributed by atoms with Gasteiger partial charge in [0.15, 0.2) is 0 Å². The molecular weight excluding hydrogens is 545 g/mol. The van der Waals surface area contributed by atoms with Crippen molar-refractivity contribution in [2.45, 2.75) is 59.3 Å². The van der Waals surface area contributed by atoms with Crippen LogP contribution in [0.25, 0.3) is 12.2 Å². The van der Waals surface area contributed by atoms with E-state index in [1.165, 1.54) is 25.2 Å². The summed E-state index contributed by atoms with van der Waals surface area (Å²) in [5.41, 5.74) is -0.0206. The van der Waals surface area contributed by atoms with Gasteiger partial charge in [-0.2, -0.15) is 9.97 Å². The highest BCUT2D eigenvalue weighted by atomic mass is 19.1. The summed E-state index contributed by atoms with van der Waals surface area (Å²) in [5.74, 6) is 0.428. The molecule has 11 nitrogen and oxygen atoms in total. The fourth-order valence-electron chi connectivity index (χ4n) is 4.20. The van der Waals surface area contributed by atoms with E-state index >= 15 is 0 Å². The van der Waals surface area contributed by atoms with Crippen molar-refractivity contribution in [3.8, 4) is 11.8 Å². The molecule has 2 aromatic rings. The van der Waals surface area contributed by atoms with Crippen molar-refractivity contribution < 1.29 is 32.9 Å². The smallest absolute Gasteiger partial charge is 0.410 e. The lowest BCUT2D eigenvalue weighted by molar-refractivity contribution is 0.0236. The summed E-state index contributed by atoms with van der Waals surface area (Å²) < 4.78 is 36.6. The molecule has 0 N–H and O–H groups in total. The average molecular weight is 588 g/mol. The predicted molar refractivity (Wildman–Crippen MR) is 158 cm³/mol. The molecule has 1 aromatic heterocycles. The van der Waals surface area contributed by atoms with Crippen LogP contribution >= 0.6 is 0 Å². The van der Waals surface area contributed by atoms with Crippen LogP contribution in [0.3, 0.4) is 0 Å². The molecule has 0 aliphatic carbocycles. The zero-order valence-electron chi connectivity index (χ0n) is 26.0. The third-order valence-electron chi connectivity index (χ3n) is 6.15. The minimum atomic E-state index is -0.688. The molecule has 1 aromatic carbocycles. The number of carbonyl (C=O) groups excluding carboxylic acids is 2. The van der Waals surface area contributed by atoms with Gasteiger partial charge in [-0.1, -0.05) is 6.07 Å². The molecule has 42 heavy (non-hydrogen) atoms. The third-order valence-corrected chi connectivity index (χ3v) is 6.15. The fraction of sp³-hybridized carbons (Fsp3) is 0.533. The van der Waals surface area contributed by atoms with Gasteiger partial charge in [0.2, 0.25) is 0 Å². The molecule has 0 bridgehead atoms. The Kier molecular flexibility index (Phi) is 10.2. The van der Waals surface area contributed by atoms with Crippen LogP contribution in [0.5, 0.6) is 11.8 Å². The fourth-order valence-corrected chi connectivity index (χ4v) is 4.20. The van der Waals surface area contributed by atoms with Crippen molar-refractivity contribution in [3.63, 3.8) is 0 Å². The molecule has 12 heteroatoms. The molecule has 0 spiro atoms. The summed E-state index contributed by atoms with van der Waals surface area (Å²) in [4.78, 5) is 39.8. The first-order valence-corrected chi connectivity index (χ1v) is 13.7. The first-order chi connectivity index (χ1) is 19.6. The number of anilines is 1. The summed E-state index contributed by atoms with van der Waals surface area (Å²) in [7, 11) is 4.55. The van der Waals surface area contributed by atoms with Crippen molar-refractivity contribution in [3.05, 3.63) is 40.8 Å². The standard InChI is InChI=1S/C30H42FN5O6/c1-29(2,3)41-27(37)34(7)19-21-23(14-13-20-22(31)11-10-12-24(20)39-8)32-26(40-9)33-25(21)35-15-17-36(18-16-35)28(38)42-30(4,5)6/h10-14H,15-19H2,1-9H3/b14-13+. The Hall–Kier alpha value is -4.09. The van der Waals surface area contributed by atoms with E-state index in [4.69, 9.17) is 18.9 Å². The number of ether oxygens (including phenoxy) is 4. The number of methoxy groups -OCH3 is 2. The molecule has 0 atom stereocenters. The predicted octanol–water partition coefficient (Wildman–Crippen LogP) is 5.23. The second-order valence-corrected chi connectivity index (χ2v) is 11.9. The molecule has 2 heterocycles. The van der Waals surface area contributed by atoms with Crippen LogP contribution < -0.4 is 14.4 Å². The normalized spacial score (nSPS) is 14.1. The van der Waals surface area contributed by atoms with Crippen LogP contribution in [-0.2, 0) is 16.0 Å². The lowest BCUT2D eigenvalue weighted by Gasteiger charge is -2.37. The van der Waals surface area contributed by atoms with E-state index in [-0.39, 0.29) is 24.2 Å². The van der Waals surface area contributed by atoms with Crippen LogP contribution in [0.1, 0.15) is 58.4 Å². The summed E-state index contributed by atoms with van der Waals surface area (Å²) >= 11 is 0. The number of carbonyl (C=O) groups is 2. The van der Waals surface area contributed by atoms with E-state index in [0.717, 1.165) is 0 Å². The van der Waals surface area contributed by atoms with Crippen LogP contribution in [0.2, 0.25) is 0 Å². The summed E-state index contributed by atoms with van der Waals surface area (Å²) in [6.07, 6.45) is 2.31. The number of halogens is 1. The zero-order valence-corrected chi connectivity index (χ0v) is 26.0. The maximum Gasteiger partial charge on any atom is 0.410 e. The van der Waals surface area contributed by atoms with Crippen molar-refractivity contribution in [2.24, 2.45) is 0 Å². The van der Waals surface area contributed by atoms with Crippen LogP contribution in [0, 0.1) is 5.82 Å². The Labute approximate surface area is 247 Å². The largest absolute Gasteiger partial charge is 0.496 e. The summed E-state index contributed by atoms with van der Waals surface area (Å²) in [6, 6.07) is 4.67. The highest BCUT2D eigenvalue weighted by Crippen LogP contribution is 2.30. The number of hydrogen-bond acceptors (Lipinski definition) is 9. The van der Waals surface area contributed by atoms with E-state index in [1.54, 1.807) is 57.0 Å². The van der Waals surface area contributed by atoms with Gasteiger partial charge < -0.3 is 33.6 Å². The second-order valence-electron chi connectivity index (χ2n) is 11.9. The molecule has 0 unspecified atom stereocenters. The first kappa shape index (κ1) is 32.4. The van der Waals surface area contributed by atoms with Crippen molar-refractivity contribution in [1.82, 2.24) is 19.8 Å². The maximum absolute atomic E-state index is 14.7. The van der Waals surface area contributed by atoms with Gasteiger partial charge in [0.05, 0.1) is 32.0 Å². The van der Waals surface area contributed by atoms with E-state index in [1.807, 2.05) is 25.7 Å². The second kappa shape index (κ2) is 13.3. The lowest BCUT2D eigenvalue weighted by atomic mass is 10.1. The first-order valence-electron chi connectivity index (χ1n) is 13.7. The number of hydrogen-bond donors (Lipinski definition) is 0. The number of amides is 2. The van der Waals surface area contributed by atoms with Gasteiger partial charge in [-0.05, 0) is 65.8 Å². The van der Waals surface area contributed by atoms with Crippen LogP contribution in [-0.4, -0.2) is 90.6 Å². The molecule has 1 aliphatic heterocycles. The van der Waals surface area contributed by atoms with Crippen molar-refractivity contribution in [1.29, 1.82) is 0 Å². The Morgan fingerprint density at radius 1 is 0.952 bits per heavy atom. The molecule has 1 aliphatic rings. The van der Waals surface area contributed by atoms with Gasteiger partial charge in [0, 0.05) is 38.8 Å². The Balaban J connectivity index is 2.03. The van der Waals surface area contributed by atoms with E-state index in [9.17, 15) is 14.0 Å². The molecule has 1 saturated heterocycles. The highest BCUT2D eigenvalue weighted by Gasteiger charge is 2.30. The Morgan fingerprint density at radius 3 is 2.17 bits per heavy atom. The molecular formula is C30H42FN5O6. The van der Waals surface area contributed by atoms with E-state index < -0.39 is 23.1 Å². The summed E-state index contributed by atoms with van der Waals surface area (Å²) in [6.45, 7) is 12.7. The van der Waals surface area contributed by atoms with Crippen molar-refractivity contribution >= 4 is 30.2 Å². The molecule has 1 fully saturated rings. The highest BCUT2D eigenvalue weighted by molar-refractivity contribution is 5.76. The number of piperazine rings is 1. The van der Waals surface area contributed by atoms with Gasteiger partial charge in [-0.3, -0.25) is 0 Å². The number of benzene rings is 1. The monoisotopic (exact) mass is 587 g/mol. The van der Waals surface area contributed by atoms with Gasteiger partial charge >= 0.3 is 18.2 Å². The van der Waals surface area contributed by atoms with Crippen molar-refractivity contribution in [2.75, 3.05) is 52.3 Å². The lowest BCUT2D eigenvalue weighted by Crippen LogP contribution is -2.50. The van der Waals surface area contributed by atoms with Crippen LogP contribution in [0.4, 0.5) is 19.8 Å². The van der Waals surface area contributed by atoms with Gasteiger partial charge in [0.25, 0.3) is 0 Å². The maximum atomic E-state index is 14.7. The molecule has 230 valence electrons. The molecule has 0 saturated carbocycles. The van der Waals surface area contributed by atoms with Crippen LogP contribution in [0.15, 0.2) is 18.2 Å². The number of aromatic nitrogens is 2. The Bertz CT molecular complexity index is 1300. The van der Waals surface area contributed by atoms with E-state index in [2.05, 4.69) is 9.97 Å². The van der Waals surface area contributed by atoms with Gasteiger partial charge in [-0.25, -0.2) is 14.0 Å². The minimum Gasteiger partial charge on any atom is -0.496 e. The van der Waals surface area contributed by atoms with E-state index in [0.29, 0.717) is 49.0 Å². The quantitative estimate of drug-likeness (QED) is 0.431. The topological polar surface area (TPSA) is 107 Å². The zero-order chi connectivity index (χ0) is 31.2. The summed E-state index contributed by atoms with van der Waals surface area (Å²) in [5, 5.41) is 0. The average Bonchev–Trinajstić information content (AvgIpc) is 2.90. The third kappa shape index (κ3) is 8.70. The number of rotatable bonds is 7. The van der Waals surface area contributed by atoms with Gasteiger partial charge in [-0.15, -0.1) is 0 Å². The van der Waals surface area contributed by atoms with Gasteiger partial charge in [0.1, 0.15) is 28.6 Å². The molecule has 2 amide bonds. The number of nitrogens with zero attached hydrogens (tertiary/aromatic N) is 5. The molecule has 0 radical (unpaired) electrons. The SMILES string of the molecule is COc1nc(/C=C/c2c(F)cccc2OC)c(CN(C)C(=O)OC(C)(C)C)c(N2CCN(C(=O)OC(C)(C)C)CC2)n1.